The molecule has 2 rings (SSSR count). The van der Waals surface area contributed by atoms with Gasteiger partial charge in [0.05, 0.1) is 0 Å². The molecule has 0 aromatic heterocycles. The number of phenols is 1. The molecule has 1 aromatic carbocycles. The Labute approximate surface area is 213 Å². The molecular weight excluding hydrogens is 436 g/mol. The third-order valence-corrected chi connectivity index (χ3v) is 7.42. The molecule has 5 nitrogen and oxygen atoms in total. The molecule has 0 bridgehead atoms. The summed E-state index contributed by atoms with van der Waals surface area (Å²) in [5.74, 6) is 0.516. The zero-order chi connectivity index (χ0) is 25.3. The molecule has 1 aromatic rings. The van der Waals surface area contributed by atoms with E-state index in [9.17, 15) is 14.7 Å². The lowest BCUT2D eigenvalue weighted by molar-refractivity contribution is -0.128. The Kier molecular flexibility index (Phi) is 14.5. The number of rotatable bonds is 10. The van der Waals surface area contributed by atoms with Crippen molar-refractivity contribution in [2.45, 2.75) is 142 Å². The van der Waals surface area contributed by atoms with Crippen LogP contribution in [0.4, 0.5) is 0 Å². The molecule has 1 aliphatic rings. The van der Waals surface area contributed by atoms with Crippen LogP contribution in [-0.4, -0.2) is 16.9 Å². The molecular formula is C30H50N2O3. The van der Waals surface area contributed by atoms with Crippen LogP contribution in [-0.2, 0) is 16.0 Å². The number of aromatic hydroxyl groups is 1. The maximum absolute atomic E-state index is 12.3. The second-order valence-corrected chi connectivity index (χ2v) is 10.6. The largest absolute Gasteiger partial charge is 0.507 e. The van der Waals surface area contributed by atoms with Gasteiger partial charge in [-0.1, -0.05) is 103 Å². The fourth-order valence-corrected chi connectivity index (χ4v) is 5.23. The van der Waals surface area contributed by atoms with E-state index in [-0.39, 0.29) is 11.8 Å². The summed E-state index contributed by atoms with van der Waals surface area (Å²) in [6.07, 6.45) is 20.8. The second kappa shape index (κ2) is 17.4. The first-order valence-electron chi connectivity index (χ1n) is 14.4. The summed E-state index contributed by atoms with van der Waals surface area (Å²) in [5, 5.41) is 10.9. The van der Waals surface area contributed by atoms with Crippen LogP contribution in [0.5, 0.6) is 5.75 Å². The average Bonchev–Trinajstić information content (AvgIpc) is 2.84. The Morgan fingerprint density at radius 1 is 0.800 bits per heavy atom. The van der Waals surface area contributed by atoms with Crippen molar-refractivity contribution in [3.05, 3.63) is 28.8 Å². The van der Waals surface area contributed by atoms with E-state index < -0.39 is 0 Å². The smallest absolute Gasteiger partial charge is 0.238 e. The van der Waals surface area contributed by atoms with Crippen molar-refractivity contribution < 1.29 is 14.7 Å². The van der Waals surface area contributed by atoms with Crippen LogP contribution in [0.3, 0.4) is 0 Å². The Morgan fingerprint density at radius 3 is 1.94 bits per heavy atom. The molecule has 0 aliphatic heterocycles. The topological polar surface area (TPSA) is 78.4 Å². The van der Waals surface area contributed by atoms with Crippen molar-refractivity contribution >= 4 is 11.8 Å². The molecule has 1 aliphatic carbocycles. The van der Waals surface area contributed by atoms with Gasteiger partial charge in [0.25, 0.3) is 0 Å². The Bertz CT molecular complexity index is 750. The van der Waals surface area contributed by atoms with Gasteiger partial charge in [0.2, 0.25) is 11.8 Å². The number of carbonyl (C=O) groups is 2. The fraction of sp³-hybridized carbons (Fsp3) is 0.733. The van der Waals surface area contributed by atoms with Crippen LogP contribution in [0.1, 0.15) is 145 Å². The van der Waals surface area contributed by atoms with Crippen LogP contribution in [0.2, 0.25) is 0 Å². The van der Waals surface area contributed by atoms with E-state index in [4.69, 9.17) is 0 Å². The van der Waals surface area contributed by atoms with E-state index in [1.54, 1.807) is 0 Å². The summed E-state index contributed by atoms with van der Waals surface area (Å²) in [4.78, 5) is 24.3. The van der Waals surface area contributed by atoms with E-state index >= 15 is 0 Å². The zero-order valence-corrected chi connectivity index (χ0v) is 22.4. The monoisotopic (exact) mass is 486 g/mol. The van der Waals surface area contributed by atoms with Crippen molar-refractivity contribution in [2.75, 3.05) is 0 Å². The number of carbonyl (C=O) groups excluding carboxylic acids is 2. The highest BCUT2D eigenvalue weighted by Crippen LogP contribution is 2.37. The first kappa shape index (κ1) is 29.2. The molecule has 198 valence electrons. The number of unbranched alkanes of at least 4 members (excludes halogenated alkanes) is 4. The molecule has 5 heteroatoms. The average molecular weight is 487 g/mol. The van der Waals surface area contributed by atoms with Crippen LogP contribution in [0.25, 0.3) is 0 Å². The molecule has 0 heterocycles. The highest BCUT2D eigenvalue weighted by atomic mass is 16.3. The minimum atomic E-state index is -0.178. The lowest BCUT2D eigenvalue weighted by Gasteiger charge is -2.21. The van der Waals surface area contributed by atoms with Crippen LogP contribution >= 0.6 is 0 Å². The number of nitrogens with one attached hydrogen (secondary N) is 2. The number of hydrogen-bond acceptors (Lipinski definition) is 3. The zero-order valence-electron chi connectivity index (χ0n) is 22.4. The summed E-state index contributed by atoms with van der Waals surface area (Å²) in [6.45, 7) is 4.13. The maximum atomic E-state index is 12.3. The SMILES string of the molecule is CCCCCCCC(=O)NNC(=O)CCc1cc(C)c(O)c(C2CCCCCCCCCCC2)c1. The van der Waals surface area contributed by atoms with Gasteiger partial charge in [0.1, 0.15) is 5.75 Å². The highest BCUT2D eigenvalue weighted by molar-refractivity contribution is 5.82. The number of phenolic OH excluding ortho intramolecular Hbond substituents is 1. The molecule has 0 radical (unpaired) electrons. The van der Waals surface area contributed by atoms with Gasteiger partial charge in [0, 0.05) is 12.8 Å². The number of hydrazine groups is 1. The molecule has 3 N–H and O–H groups in total. The molecule has 0 atom stereocenters. The minimum absolute atomic E-state index is 0.125. The third-order valence-electron chi connectivity index (χ3n) is 7.42. The third kappa shape index (κ3) is 12.0. The number of aryl methyl sites for hydroxylation is 2. The summed E-state index contributed by atoms with van der Waals surface area (Å²) in [7, 11) is 0. The van der Waals surface area contributed by atoms with Crippen LogP contribution in [0.15, 0.2) is 12.1 Å². The van der Waals surface area contributed by atoms with Crippen molar-refractivity contribution in [1.29, 1.82) is 0 Å². The van der Waals surface area contributed by atoms with Gasteiger partial charge in [0.15, 0.2) is 0 Å². The first-order valence-corrected chi connectivity index (χ1v) is 14.4. The van der Waals surface area contributed by atoms with Gasteiger partial charge >= 0.3 is 0 Å². The molecule has 2 amide bonds. The maximum Gasteiger partial charge on any atom is 0.238 e. The Morgan fingerprint density at radius 2 is 1.34 bits per heavy atom. The van der Waals surface area contributed by atoms with Gasteiger partial charge in [-0.3, -0.25) is 20.4 Å². The normalized spacial score (nSPS) is 16.2. The van der Waals surface area contributed by atoms with E-state index in [1.165, 1.54) is 70.6 Å². The number of benzene rings is 1. The lowest BCUT2D eigenvalue weighted by atomic mass is 9.85. The number of hydrogen-bond donors (Lipinski definition) is 3. The van der Waals surface area contributed by atoms with Crippen molar-refractivity contribution in [3.8, 4) is 5.75 Å². The quantitative estimate of drug-likeness (QED) is 0.236. The van der Waals surface area contributed by atoms with Crippen LogP contribution < -0.4 is 10.9 Å². The van der Waals surface area contributed by atoms with Gasteiger partial charge < -0.3 is 5.11 Å². The van der Waals surface area contributed by atoms with Gasteiger partial charge in [-0.15, -0.1) is 0 Å². The fourth-order valence-electron chi connectivity index (χ4n) is 5.23. The highest BCUT2D eigenvalue weighted by Gasteiger charge is 2.18. The minimum Gasteiger partial charge on any atom is -0.507 e. The molecule has 1 saturated carbocycles. The van der Waals surface area contributed by atoms with Crippen molar-refractivity contribution in [3.63, 3.8) is 0 Å². The summed E-state index contributed by atoms with van der Waals surface area (Å²) < 4.78 is 0. The molecule has 0 spiro atoms. The van der Waals surface area contributed by atoms with Gasteiger partial charge in [-0.25, -0.2) is 0 Å². The lowest BCUT2D eigenvalue weighted by Crippen LogP contribution is -2.41. The first-order chi connectivity index (χ1) is 17.0. The number of amides is 2. The van der Waals surface area contributed by atoms with Crippen molar-refractivity contribution in [2.24, 2.45) is 0 Å². The van der Waals surface area contributed by atoms with E-state index in [2.05, 4.69) is 23.8 Å². The summed E-state index contributed by atoms with van der Waals surface area (Å²) >= 11 is 0. The van der Waals surface area contributed by atoms with Gasteiger partial charge in [-0.2, -0.15) is 0 Å². The second-order valence-electron chi connectivity index (χ2n) is 10.6. The standard InChI is InChI=1S/C30H50N2O3/c1-3-4-5-11-16-19-28(33)31-32-29(34)21-20-25-22-24(2)30(35)27(23-25)26-17-14-12-9-7-6-8-10-13-15-18-26/h22-23,26,35H,3-21H2,1-2H3,(H,31,33)(H,32,34). The van der Waals surface area contributed by atoms with Crippen molar-refractivity contribution in [1.82, 2.24) is 10.9 Å². The molecule has 0 unspecified atom stereocenters. The Balaban J connectivity index is 1.87. The molecule has 35 heavy (non-hydrogen) atoms. The van der Waals surface area contributed by atoms with E-state index in [0.29, 0.717) is 30.9 Å². The predicted octanol–water partition coefficient (Wildman–Crippen LogP) is 7.53. The van der Waals surface area contributed by atoms with E-state index in [0.717, 1.165) is 48.8 Å². The van der Waals surface area contributed by atoms with Gasteiger partial charge in [-0.05, 0) is 55.2 Å². The molecule has 0 saturated heterocycles. The summed E-state index contributed by atoms with van der Waals surface area (Å²) in [6, 6.07) is 4.12. The van der Waals surface area contributed by atoms with Crippen LogP contribution in [0, 0.1) is 6.92 Å². The molecule has 1 fully saturated rings. The predicted molar refractivity (Wildman–Crippen MR) is 144 cm³/mol. The van der Waals surface area contributed by atoms with E-state index in [1.807, 2.05) is 13.0 Å². The Hall–Kier alpha value is -2.04. The summed E-state index contributed by atoms with van der Waals surface area (Å²) in [5.41, 5.74) is 8.14.